The molecule has 4 rings (SSSR count). The van der Waals surface area contributed by atoms with E-state index in [0.29, 0.717) is 0 Å². The summed E-state index contributed by atoms with van der Waals surface area (Å²) in [6.07, 6.45) is 2.16. The second-order valence-electron chi connectivity index (χ2n) is 9.37. The Kier molecular flexibility index (Phi) is 8.88. The van der Waals surface area contributed by atoms with E-state index in [1.807, 2.05) is 6.07 Å². The summed E-state index contributed by atoms with van der Waals surface area (Å²) in [6.45, 7) is 0.900. The number of nitrogens with one attached hydrogen (secondary N) is 1. The highest BCUT2D eigenvalue weighted by molar-refractivity contribution is 6.31. The van der Waals surface area contributed by atoms with E-state index in [0.717, 1.165) is 28.3 Å². The van der Waals surface area contributed by atoms with Gasteiger partial charge in [0.25, 0.3) is 5.92 Å². The fourth-order valence-electron chi connectivity index (χ4n) is 4.44. The summed E-state index contributed by atoms with van der Waals surface area (Å²) < 4.78 is 41.5. The molecule has 1 unspecified atom stereocenters. The monoisotopic (exact) mass is 584 g/mol. The van der Waals surface area contributed by atoms with Crippen molar-refractivity contribution in [3.8, 4) is 6.07 Å². The van der Waals surface area contributed by atoms with Gasteiger partial charge in [0, 0.05) is 48.2 Å². The second kappa shape index (κ2) is 12.3. The van der Waals surface area contributed by atoms with Gasteiger partial charge >= 0.3 is 0 Å². The number of amides is 3. The summed E-state index contributed by atoms with van der Waals surface area (Å²) in [5.41, 5.74) is 0.179. The molecule has 1 fully saturated rings. The van der Waals surface area contributed by atoms with Gasteiger partial charge in [0.1, 0.15) is 24.2 Å². The number of hydrogen-bond acceptors (Lipinski definition) is 6. The number of halogens is 4. The number of nitrogens with zero attached hydrogens (tertiary/aromatic N) is 5. The number of benzene rings is 1. The van der Waals surface area contributed by atoms with Crippen molar-refractivity contribution in [2.75, 3.05) is 16.3 Å². The molecule has 13 heteroatoms. The molecule has 1 saturated carbocycles. The Balaban J connectivity index is 1.80. The minimum atomic E-state index is -2.92. The number of carbonyl (C=O) groups excluding carboxylic acids is 3. The van der Waals surface area contributed by atoms with E-state index in [2.05, 4.69) is 15.3 Å². The minimum absolute atomic E-state index is 0.0111. The number of nitriles is 1. The molecule has 1 atom stereocenters. The molecular weight excluding hydrogens is 561 g/mol. The molecule has 3 aromatic rings. The van der Waals surface area contributed by atoms with Crippen molar-refractivity contribution in [1.82, 2.24) is 15.3 Å². The summed E-state index contributed by atoms with van der Waals surface area (Å²) in [5.74, 6) is -5.95. The molecular formula is C28H24ClF3N6O3. The fraction of sp³-hybridized carbons (Fsp3) is 0.286. The third-order valence-corrected chi connectivity index (χ3v) is 6.77. The smallest absolute Gasteiger partial charge is 0.252 e. The number of anilines is 2. The molecule has 0 spiro atoms. The molecule has 1 N–H and O–H groups in total. The lowest BCUT2D eigenvalue weighted by atomic mass is 9.87. The molecule has 212 valence electrons. The van der Waals surface area contributed by atoms with Crippen molar-refractivity contribution < 1.29 is 27.6 Å². The van der Waals surface area contributed by atoms with Gasteiger partial charge in [-0.25, -0.2) is 18.2 Å². The number of aromatic nitrogens is 2. The van der Waals surface area contributed by atoms with Crippen LogP contribution in [0.1, 0.15) is 43.4 Å². The Labute approximate surface area is 238 Å². The first-order chi connectivity index (χ1) is 19.5. The van der Waals surface area contributed by atoms with Crippen LogP contribution >= 0.6 is 11.6 Å². The van der Waals surface area contributed by atoms with Crippen LogP contribution < -0.4 is 15.1 Å². The van der Waals surface area contributed by atoms with E-state index < -0.39 is 60.9 Å². The highest BCUT2D eigenvalue weighted by atomic mass is 35.5. The maximum Gasteiger partial charge on any atom is 0.252 e. The highest BCUT2D eigenvalue weighted by Gasteiger charge is 2.47. The van der Waals surface area contributed by atoms with E-state index in [9.17, 15) is 32.8 Å². The molecule has 0 radical (unpaired) electrons. The number of pyridine rings is 2. The van der Waals surface area contributed by atoms with Gasteiger partial charge in [0.15, 0.2) is 0 Å². The van der Waals surface area contributed by atoms with Crippen molar-refractivity contribution in [2.45, 2.75) is 44.2 Å². The zero-order chi connectivity index (χ0) is 29.7. The first kappa shape index (κ1) is 29.5. The van der Waals surface area contributed by atoms with E-state index in [1.54, 1.807) is 19.1 Å². The first-order valence-electron chi connectivity index (χ1n) is 12.5. The Morgan fingerprint density at radius 2 is 1.90 bits per heavy atom. The number of carbonyl (C=O) groups is 3. The molecule has 0 aliphatic heterocycles. The summed E-state index contributed by atoms with van der Waals surface area (Å²) in [6, 6.07) is 9.36. The predicted octanol–water partition coefficient (Wildman–Crippen LogP) is 4.57. The van der Waals surface area contributed by atoms with Gasteiger partial charge in [-0.15, -0.1) is 0 Å². The summed E-state index contributed by atoms with van der Waals surface area (Å²) >= 11 is 6.44. The molecule has 1 aromatic carbocycles. The van der Waals surface area contributed by atoms with Crippen molar-refractivity contribution in [1.29, 1.82) is 5.26 Å². The summed E-state index contributed by atoms with van der Waals surface area (Å²) in [7, 11) is 0. The van der Waals surface area contributed by atoms with Crippen LogP contribution in [0.3, 0.4) is 0 Å². The number of hydrogen-bond donors (Lipinski definition) is 1. The lowest BCUT2D eigenvalue weighted by Crippen LogP contribution is -2.55. The maximum atomic E-state index is 14.4. The van der Waals surface area contributed by atoms with Gasteiger partial charge in [-0.2, -0.15) is 5.26 Å². The molecule has 41 heavy (non-hydrogen) atoms. The van der Waals surface area contributed by atoms with Crippen LogP contribution in [0.2, 0.25) is 5.02 Å². The Hall–Kier alpha value is -4.50. The lowest BCUT2D eigenvalue weighted by molar-refractivity contribution is -0.132. The molecule has 2 aromatic heterocycles. The van der Waals surface area contributed by atoms with Gasteiger partial charge in [-0.1, -0.05) is 36.7 Å². The molecule has 9 nitrogen and oxygen atoms in total. The lowest BCUT2D eigenvalue weighted by Gasteiger charge is -2.38. The second-order valence-corrected chi connectivity index (χ2v) is 9.77. The third-order valence-electron chi connectivity index (χ3n) is 6.43. The van der Waals surface area contributed by atoms with Crippen LogP contribution in [0.15, 0.2) is 61.1 Å². The van der Waals surface area contributed by atoms with Crippen LogP contribution in [-0.4, -0.2) is 46.2 Å². The maximum absolute atomic E-state index is 14.4. The third kappa shape index (κ3) is 6.81. The van der Waals surface area contributed by atoms with Crippen LogP contribution in [0, 0.1) is 17.1 Å². The van der Waals surface area contributed by atoms with Gasteiger partial charge in [-0.3, -0.25) is 29.2 Å². The van der Waals surface area contributed by atoms with Crippen LogP contribution in [0.25, 0.3) is 0 Å². The van der Waals surface area contributed by atoms with E-state index >= 15 is 0 Å². The van der Waals surface area contributed by atoms with Crippen molar-refractivity contribution in [2.24, 2.45) is 0 Å². The Morgan fingerprint density at radius 1 is 1.17 bits per heavy atom. The van der Waals surface area contributed by atoms with Gasteiger partial charge in [-0.05, 0) is 18.2 Å². The van der Waals surface area contributed by atoms with E-state index in [1.165, 1.54) is 30.5 Å². The average molecular weight is 585 g/mol. The number of alkyl halides is 2. The normalized spacial score (nSPS) is 14.7. The summed E-state index contributed by atoms with van der Waals surface area (Å²) in [5, 5.41) is 11.9. The van der Waals surface area contributed by atoms with Crippen LogP contribution in [0.5, 0.6) is 0 Å². The Bertz CT molecular complexity index is 1510. The molecule has 3 amide bonds. The van der Waals surface area contributed by atoms with E-state index in [4.69, 9.17) is 11.6 Å². The molecule has 2 heterocycles. The van der Waals surface area contributed by atoms with Crippen molar-refractivity contribution in [3.63, 3.8) is 0 Å². The van der Waals surface area contributed by atoms with Crippen molar-refractivity contribution >= 4 is 40.8 Å². The van der Waals surface area contributed by atoms with Gasteiger partial charge in [0.2, 0.25) is 17.7 Å². The summed E-state index contributed by atoms with van der Waals surface area (Å²) in [4.78, 5) is 50.6. The molecule has 0 saturated heterocycles. The van der Waals surface area contributed by atoms with Crippen molar-refractivity contribution in [3.05, 3.63) is 83.0 Å². The zero-order valence-electron chi connectivity index (χ0n) is 21.7. The average Bonchev–Trinajstić information content (AvgIpc) is 2.93. The number of rotatable bonds is 9. The minimum Gasteiger partial charge on any atom is -0.351 e. The quantitative estimate of drug-likeness (QED) is 0.393. The van der Waals surface area contributed by atoms with E-state index in [-0.39, 0.29) is 34.1 Å². The van der Waals surface area contributed by atoms with Crippen LogP contribution in [0.4, 0.5) is 24.7 Å². The molecule has 1 aliphatic carbocycles. The SMILES string of the molecule is CCC(=O)N(CC(=O)N(c1cncc(F)c1)C(C(=O)NC1CC(F)(F)C1)c1ccccc1Cl)c1cc(C#N)ccn1. The first-order valence-corrected chi connectivity index (χ1v) is 12.9. The predicted molar refractivity (Wildman–Crippen MR) is 144 cm³/mol. The highest BCUT2D eigenvalue weighted by Crippen LogP contribution is 2.39. The Morgan fingerprint density at radius 3 is 2.54 bits per heavy atom. The standard InChI is InChI=1S/C28H24ClF3N6O3/c1-2-24(39)37(23-9-17(13-33)7-8-35-23)16-25(40)38(20-10-18(30)14-34-15-20)26(21-5-3-4-6-22(21)29)27(41)36-19-11-28(31,32)12-19/h3-10,14-15,19,26H,2,11-12,16H2,1H3,(H,36,41). The molecule has 1 aliphatic rings. The van der Waals surface area contributed by atoms with Gasteiger partial charge in [0.05, 0.1) is 29.7 Å². The van der Waals surface area contributed by atoms with Gasteiger partial charge < -0.3 is 5.32 Å². The fourth-order valence-corrected chi connectivity index (χ4v) is 4.68. The largest absolute Gasteiger partial charge is 0.351 e. The topological polar surface area (TPSA) is 119 Å². The molecule has 0 bridgehead atoms. The van der Waals surface area contributed by atoms with Crippen LogP contribution in [-0.2, 0) is 14.4 Å². The zero-order valence-corrected chi connectivity index (χ0v) is 22.5.